The minimum atomic E-state index is 1.06. The second kappa shape index (κ2) is 3.37. The molecular weight excluding hydrogens is 146 g/mol. The lowest BCUT2D eigenvalue weighted by Gasteiger charge is -2.15. The van der Waals surface area contributed by atoms with Gasteiger partial charge in [0.25, 0.3) is 0 Å². The fourth-order valence-corrected chi connectivity index (χ4v) is 3.11. The van der Waals surface area contributed by atoms with Gasteiger partial charge in [0, 0.05) is 13.1 Å². The number of hydrogen-bond donors (Lipinski definition) is 0. The van der Waals surface area contributed by atoms with E-state index in [1.54, 1.807) is 0 Å². The van der Waals surface area contributed by atoms with Crippen molar-refractivity contribution in [2.45, 2.75) is 33.1 Å². The van der Waals surface area contributed by atoms with E-state index in [9.17, 15) is 0 Å². The van der Waals surface area contributed by atoms with Crippen LogP contribution in [0.3, 0.4) is 0 Å². The fourth-order valence-electron chi connectivity index (χ4n) is 3.11. The molecule has 1 saturated heterocycles. The summed E-state index contributed by atoms with van der Waals surface area (Å²) in [6.07, 6.45) is 4.47. The van der Waals surface area contributed by atoms with E-state index < -0.39 is 0 Å². The molecule has 1 heteroatoms. The van der Waals surface area contributed by atoms with Crippen molar-refractivity contribution in [2.75, 3.05) is 19.6 Å². The minimum absolute atomic E-state index is 1.06. The maximum atomic E-state index is 2.63. The molecule has 0 amide bonds. The highest BCUT2D eigenvalue weighted by atomic mass is 15.1. The molecule has 1 heterocycles. The Bertz CT molecular complexity index is 125. The topological polar surface area (TPSA) is 3.24 Å². The molecule has 2 unspecified atom stereocenters. The Morgan fingerprint density at radius 3 is 2.08 bits per heavy atom. The van der Waals surface area contributed by atoms with Gasteiger partial charge in [-0.25, -0.2) is 0 Å². The second-order valence-electron chi connectivity index (χ2n) is 4.62. The summed E-state index contributed by atoms with van der Waals surface area (Å²) < 4.78 is 0. The van der Waals surface area contributed by atoms with Crippen LogP contribution in [0.4, 0.5) is 0 Å². The number of rotatable bonds is 2. The number of fused-ring (bicyclic) bond motifs is 1. The van der Waals surface area contributed by atoms with Gasteiger partial charge in [-0.1, -0.05) is 20.3 Å². The van der Waals surface area contributed by atoms with Crippen molar-refractivity contribution in [3.8, 4) is 0 Å². The van der Waals surface area contributed by atoms with Crippen molar-refractivity contribution in [2.24, 2.45) is 17.8 Å². The van der Waals surface area contributed by atoms with E-state index in [1.807, 2.05) is 0 Å². The third-order valence-corrected chi connectivity index (χ3v) is 3.95. The normalized spacial score (nSPS) is 42.0. The smallest absolute Gasteiger partial charge is 0.00129 e. The van der Waals surface area contributed by atoms with E-state index in [0.717, 1.165) is 17.8 Å². The zero-order chi connectivity index (χ0) is 8.55. The predicted octanol–water partition coefficient (Wildman–Crippen LogP) is 2.37. The van der Waals surface area contributed by atoms with E-state index in [-0.39, 0.29) is 0 Å². The Labute approximate surface area is 76.1 Å². The molecule has 70 valence electrons. The monoisotopic (exact) mass is 167 g/mol. The Kier molecular flexibility index (Phi) is 2.40. The van der Waals surface area contributed by atoms with Gasteiger partial charge in [-0.2, -0.15) is 0 Å². The van der Waals surface area contributed by atoms with Crippen LogP contribution >= 0.6 is 0 Å². The van der Waals surface area contributed by atoms with Gasteiger partial charge in [-0.3, -0.25) is 0 Å². The predicted molar refractivity (Wildman–Crippen MR) is 52.1 cm³/mol. The van der Waals surface area contributed by atoms with Gasteiger partial charge in [-0.15, -0.1) is 0 Å². The van der Waals surface area contributed by atoms with Crippen LogP contribution in [0.2, 0.25) is 0 Å². The van der Waals surface area contributed by atoms with Crippen LogP contribution in [-0.2, 0) is 0 Å². The Morgan fingerprint density at radius 1 is 1.08 bits per heavy atom. The van der Waals surface area contributed by atoms with Gasteiger partial charge in [0.2, 0.25) is 0 Å². The molecule has 1 aliphatic carbocycles. The average Bonchev–Trinajstić information content (AvgIpc) is 2.59. The van der Waals surface area contributed by atoms with Crippen molar-refractivity contribution in [1.29, 1.82) is 0 Å². The second-order valence-corrected chi connectivity index (χ2v) is 4.62. The summed E-state index contributed by atoms with van der Waals surface area (Å²) in [5.41, 5.74) is 0. The Morgan fingerprint density at radius 2 is 1.67 bits per heavy atom. The molecule has 1 nitrogen and oxygen atoms in total. The van der Waals surface area contributed by atoms with Crippen LogP contribution in [0.1, 0.15) is 33.1 Å². The fraction of sp³-hybridized carbons (Fsp3) is 1.00. The maximum Gasteiger partial charge on any atom is 0.00129 e. The standard InChI is InChI=1S/C11H21N/c1-3-9-5-10-7-12(4-2)8-11(10)6-9/h9-11H,3-8H2,1-2H3. The zero-order valence-electron chi connectivity index (χ0n) is 8.42. The van der Waals surface area contributed by atoms with E-state index in [4.69, 9.17) is 0 Å². The van der Waals surface area contributed by atoms with Gasteiger partial charge in [0.15, 0.2) is 0 Å². The van der Waals surface area contributed by atoms with Gasteiger partial charge < -0.3 is 4.90 Å². The molecule has 0 aromatic carbocycles. The molecule has 0 aromatic heterocycles. The molecule has 12 heavy (non-hydrogen) atoms. The largest absolute Gasteiger partial charge is 0.303 e. The van der Waals surface area contributed by atoms with Crippen molar-refractivity contribution < 1.29 is 0 Å². The first-order valence-electron chi connectivity index (χ1n) is 5.55. The van der Waals surface area contributed by atoms with Crippen LogP contribution < -0.4 is 0 Å². The third kappa shape index (κ3) is 1.39. The van der Waals surface area contributed by atoms with Crippen molar-refractivity contribution in [3.05, 3.63) is 0 Å². The first-order valence-corrected chi connectivity index (χ1v) is 5.55. The molecule has 2 aliphatic rings. The molecule has 0 radical (unpaired) electrons. The van der Waals surface area contributed by atoms with Crippen molar-refractivity contribution >= 4 is 0 Å². The first-order chi connectivity index (χ1) is 5.83. The van der Waals surface area contributed by atoms with E-state index in [1.165, 1.54) is 38.9 Å². The zero-order valence-corrected chi connectivity index (χ0v) is 8.42. The Balaban J connectivity index is 1.89. The number of likely N-dealkylation sites (tertiary alicyclic amines) is 1. The highest BCUT2D eigenvalue weighted by molar-refractivity contribution is 4.91. The van der Waals surface area contributed by atoms with Gasteiger partial charge in [0.05, 0.1) is 0 Å². The molecule has 2 atom stereocenters. The lowest BCUT2D eigenvalue weighted by Crippen LogP contribution is -2.21. The molecule has 2 rings (SSSR count). The maximum absolute atomic E-state index is 2.63. The lowest BCUT2D eigenvalue weighted by molar-refractivity contribution is 0.310. The van der Waals surface area contributed by atoms with Crippen molar-refractivity contribution in [3.63, 3.8) is 0 Å². The van der Waals surface area contributed by atoms with Crippen LogP contribution in [-0.4, -0.2) is 24.5 Å². The summed E-state index contributed by atoms with van der Waals surface area (Å²) in [4.78, 5) is 2.63. The quantitative estimate of drug-likeness (QED) is 0.610. The summed E-state index contributed by atoms with van der Waals surface area (Å²) in [7, 11) is 0. The van der Waals surface area contributed by atoms with Gasteiger partial charge in [-0.05, 0) is 37.1 Å². The summed E-state index contributed by atoms with van der Waals surface area (Å²) in [5, 5.41) is 0. The molecule has 0 spiro atoms. The Hall–Kier alpha value is -0.0400. The summed E-state index contributed by atoms with van der Waals surface area (Å²) in [6, 6.07) is 0. The molecule has 2 fully saturated rings. The van der Waals surface area contributed by atoms with Gasteiger partial charge >= 0.3 is 0 Å². The van der Waals surface area contributed by atoms with Crippen LogP contribution in [0.15, 0.2) is 0 Å². The summed E-state index contributed by atoms with van der Waals surface area (Å²) >= 11 is 0. The first kappa shape index (κ1) is 8.55. The van der Waals surface area contributed by atoms with Crippen LogP contribution in [0, 0.1) is 17.8 Å². The highest BCUT2D eigenvalue weighted by Gasteiger charge is 2.39. The summed E-state index contributed by atoms with van der Waals surface area (Å²) in [5.74, 6) is 3.20. The average molecular weight is 167 g/mol. The van der Waals surface area contributed by atoms with Gasteiger partial charge in [0.1, 0.15) is 0 Å². The van der Waals surface area contributed by atoms with E-state index in [2.05, 4.69) is 18.7 Å². The molecule has 0 bridgehead atoms. The van der Waals surface area contributed by atoms with E-state index >= 15 is 0 Å². The third-order valence-electron chi connectivity index (χ3n) is 3.95. The van der Waals surface area contributed by atoms with Crippen LogP contribution in [0.5, 0.6) is 0 Å². The highest BCUT2D eigenvalue weighted by Crippen LogP contribution is 2.42. The molecule has 1 aliphatic heterocycles. The SMILES string of the molecule is CCC1CC2CN(CC)CC2C1. The van der Waals surface area contributed by atoms with E-state index in [0.29, 0.717) is 0 Å². The number of hydrogen-bond acceptors (Lipinski definition) is 1. The molecular formula is C11H21N. The molecule has 0 N–H and O–H groups in total. The van der Waals surface area contributed by atoms with Crippen molar-refractivity contribution in [1.82, 2.24) is 4.90 Å². The number of nitrogens with zero attached hydrogens (tertiary/aromatic N) is 1. The van der Waals surface area contributed by atoms with Crippen LogP contribution in [0.25, 0.3) is 0 Å². The molecule has 1 saturated carbocycles. The summed E-state index contributed by atoms with van der Waals surface area (Å²) in [6.45, 7) is 8.71. The molecule has 0 aromatic rings. The minimum Gasteiger partial charge on any atom is -0.303 e. The lowest BCUT2D eigenvalue weighted by atomic mass is 10.0.